The average Bonchev–Trinajstić information content (AvgIpc) is 2.49. The molecular formula is C15H13N3O3. The summed E-state index contributed by atoms with van der Waals surface area (Å²) in [5, 5.41) is 22.9. The molecule has 0 spiro atoms. The third-order valence-electron chi connectivity index (χ3n) is 3.03. The van der Waals surface area contributed by atoms with E-state index in [0.717, 1.165) is 17.0 Å². The van der Waals surface area contributed by atoms with Crippen molar-refractivity contribution in [1.82, 2.24) is 0 Å². The Morgan fingerprint density at radius 3 is 2.62 bits per heavy atom. The van der Waals surface area contributed by atoms with Crippen LogP contribution in [0.1, 0.15) is 11.1 Å². The molecule has 0 heterocycles. The third kappa shape index (κ3) is 3.09. The summed E-state index contributed by atoms with van der Waals surface area (Å²) >= 11 is 0. The summed E-state index contributed by atoms with van der Waals surface area (Å²) in [6.45, 7) is 1.91. The number of nitro benzene ring substituents is 1. The van der Waals surface area contributed by atoms with Crippen molar-refractivity contribution in [2.45, 2.75) is 6.92 Å². The van der Waals surface area contributed by atoms with Crippen LogP contribution in [0, 0.1) is 28.4 Å². The molecule has 0 amide bonds. The Labute approximate surface area is 121 Å². The zero-order chi connectivity index (χ0) is 15.4. The Morgan fingerprint density at radius 2 is 2.05 bits per heavy atom. The molecule has 6 nitrogen and oxygen atoms in total. The highest BCUT2D eigenvalue weighted by Crippen LogP contribution is 2.28. The van der Waals surface area contributed by atoms with E-state index in [4.69, 9.17) is 10.00 Å². The molecule has 2 aromatic rings. The first-order chi connectivity index (χ1) is 10.0. The van der Waals surface area contributed by atoms with E-state index in [9.17, 15) is 10.1 Å². The summed E-state index contributed by atoms with van der Waals surface area (Å²) < 4.78 is 5.13. The van der Waals surface area contributed by atoms with Crippen LogP contribution in [-0.2, 0) is 0 Å². The topological polar surface area (TPSA) is 88.2 Å². The lowest BCUT2D eigenvalue weighted by atomic mass is 10.1. The highest BCUT2D eigenvalue weighted by Gasteiger charge is 2.14. The summed E-state index contributed by atoms with van der Waals surface area (Å²) in [6, 6.07) is 11.7. The highest BCUT2D eigenvalue weighted by molar-refractivity contribution is 5.68. The number of nitriles is 1. The van der Waals surface area contributed by atoms with Gasteiger partial charge in [0.2, 0.25) is 0 Å². The van der Waals surface area contributed by atoms with Crippen LogP contribution in [0.4, 0.5) is 17.1 Å². The largest absolute Gasteiger partial charge is 0.497 e. The van der Waals surface area contributed by atoms with E-state index in [1.165, 1.54) is 12.1 Å². The number of nitrogens with zero attached hydrogens (tertiary/aromatic N) is 2. The van der Waals surface area contributed by atoms with Crippen LogP contribution in [0.25, 0.3) is 0 Å². The van der Waals surface area contributed by atoms with Crippen molar-refractivity contribution in [2.75, 3.05) is 12.4 Å². The van der Waals surface area contributed by atoms with E-state index in [-0.39, 0.29) is 11.3 Å². The fraction of sp³-hybridized carbons (Fsp3) is 0.133. The Hall–Kier alpha value is -3.07. The maximum atomic E-state index is 10.9. The van der Waals surface area contributed by atoms with Crippen molar-refractivity contribution in [2.24, 2.45) is 0 Å². The quantitative estimate of drug-likeness (QED) is 0.685. The molecule has 0 aliphatic carbocycles. The predicted octanol–water partition coefficient (Wildman–Crippen LogP) is 3.53. The molecule has 0 radical (unpaired) electrons. The summed E-state index contributed by atoms with van der Waals surface area (Å²) in [7, 11) is 1.59. The minimum Gasteiger partial charge on any atom is -0.497 e. The summed E-state index contributed by atoms with van der Waals surface area (Å²) in [4.78, 5) is 10.4. The minimum atomic E-state index is -0.565. The van der Waals surface area contributed by atoms with Gasteiger partial charge >= 0.3 is 0 Å². The van der Waals surface area contributed by atoms with Crippen LogP contribution >= 0.6 is 0 Å². The first-order valence-corrected chi connectivity index (χ1v) is 6.15. The summed E-state index contributed by atoms with van der Waals surface area (Å²) in [6.07, 6.45) is 0. The minimum absolute atomic E-state index is 0.0389. The van der Waals surface area contributed by atoms with Crippen molar-refractivity contribution < 1.29 is 9.66 Å². The molecule has 2 rings (SSSR count). The molecule has 106 valence electrons. The number of hydrogen-bond donors (Lipinski definition) is 1. The molecule has 1 N–H and O–H groups in total. The summed E-state index contributed by atoms with van der Waals surface area (Å²) in [5.41, 5.74) is 2.14. The van der Waals surface area contributed by atoms with Gasteiger partial charge in [0, 0.05) is 17.4 Å². The van der Waals surface area contributed by atoms with E-state index < -0.39 is 4.92 Å². The lowest BCUT2D eigenvalue weighted by Crippen LogP contribution is -1.97. The Kier molecular flexibility index (Phi) is 4.05. The molecule has 0 saturated carbocycles. The van der Waals surface area contributed by atoms with Gasteiger partial charge in [0.25, 0.3) is 5.69 Å². The van der Waals surface area contributed by atoms with Gasteiger partial charge in [-0.05, 0) is 42.8 Å². The zero-order valence-electron chi connectivity index (χ0n) is 11.6. The molecule has 0 aliphatic rings. The van der Waals surface area contributed by atoms with E-state index in [2.05, 4.69) is 5.32 Å². The van der Waals surface area contributed by atoms with Crippen molar-refractivity contribution in [1.29, 1.82) is 5.26 Å². The first-order valence-electron chi connectivity index (χ1n) is 6.15. The molecule has 6 heteroatoms. The van der Waals surface area contributed by atoms with Gasteiger partial charge in [-0.15, -0.1) is 0 Å². The van der Waals surface area contributed by atoms with E-state index in [1.807, 2.05) is 25.1 Å². The standard InChI is InChI=1S/C15H13N3O3/c1-10-7-13(21-2)5-6-14(10)17-12-4-3-11(9-16)15(8-12)18(19)20/h3-8,17H,1-2H3. The SMILES string of the molecule is COc1ccc(Nc2ccc(C#N)c([N+](=O)[O-])c2)c(C)c1. The smallest absolute Gasteiger partial charge is 0.289 e. The van der Waals surface area contributed by atoms with E-state index in [0.29, 0.717) is 5.69 Å². The lowest BCUT2D eigenvalue weighted by molar-refractivity contribution is -0.385. The second-order valence-electron chi connectivity index (χ2n) is 4.41. The Balaban J connectivity index is 2.34. The van der Waals surface area contributed by atoms with Crippen LogP contribution in [0.5, 0.6) is 5.75 Å². The normalized spacial score (nSPS) is 9.76. The van der Waals surface area contributed by atoms with Crippen molar-refractivity contribution >= 4 is 17.1 Å². The molecule has 0 aliphatic heterocycles. The predicted molar refractivity (Wildman–Crippen MR) is 78.8 cm³/mol. The number of methoxy groups -OCH3 is 1. The Bertz CT molecular complexity index is 735. The number of hydrogen-bond acceptors (Lipinski definition) is 5. The number of nitro groups is 1. The van der Waals surface area contributed by atoms with Gasteiger partial charge in [0.15, 0.2) is 0 Å². The molecule has 0 aromatic heterocycles. The fourth-order valence-corrected chi connectivity index (χ4v) is 1.91. The molecule has 0 atom stereocenters. The van der Waals surface area contributed by atoms with Gasteiger partial charge in [-0.1, -0.05) is 0 Å². The van der Waals surface area contributed by atoms with E-state index >= 15 is 0 Å². The third-order valence-corrected chi connectivity index (χ3v) is 3.03. The average molecular weight is 283 g/mol. The molecule has 0 bridgehead atoms. The monoisotopic (exact) mass is 283 g/mol. The number of nitrogens with one attached hydrogen (secondary N) is 1. The van der Waals surface area contributed by atoms with Crippen LogP contribution < -0.4 is 10.1 Å². The molecule has 0 unspecified atom stereocenters. The number of ether oxygens (including phenoxy) is 1. The van der Waals surface area contributed by atoms with Crippen LogP contribution in [0.3, 0.4) is 0 Å². The van der Waals surface area contributed by atoms with Crippen LogP contribution in [-0.4, -0.2) is 12.0 Å². The van der Waals surface area contributed by atoms with Gasteiger partial charge in [0.1, 0.15) is 17.4 Å². The van der Waals surface area contributed by atoms with Gasteiger partial charge in [-0.3, -0.25) is 10.1 Å². The van der Waals surface area contributed by atoms with Gasteiger partial charge in [0.05, 0.1) is 12.0 Å². The van der Waals surface area contributed by atoms with Gasteiger partial charge in [-0.25, -0.2) is 0 Å². The number of benzene rings is 2. The van der Waals surface area contributed by atoms with Crippen LogP contribution in [0.15, 0.2) is 36.4 Å². The maximum Gasteiger partial charge on any atom is 0.289 e. The highest BCUT2D eigenvalue weighted by atomic mass is 16.6. The molecular weight excluding hydrogens is 270 g/mol. The number of anilines is 2. The first kappa shape index (κ1) is 14.3. The molecule has 2 aromatic carbocycles. The van der Waals surface area contributed by atoms with Crippen molar-refractivity contribution in [3.05, 3.63) is 57.6 Å². The number of rotatable bonds is 4. The molecule has 0 fully saturated rings. The lowest BCUT2D eigenvalue weighted by Gasteiger charge is -2.11. The van der Waals surface area contributed by atoms with E-state index in [1.54, 1.807) is 19.2 Å². The zero-order valence-corrected chi connectivity index (χ0v) is 11.6. The van der Waals surface area contributed by atoms with Gasteiger partial charge < -0.3 is 10.1 Å². The van der Waals surface area contributed by atoms with Crippen LogP contribution in [0.2, 0.25) is 0 Å². The van der Waals surface area contributed by atoms with Crippen molar-refractivity contribution in [3.63, 3.8) is 0 Å². The number of aryl methyl sites for hydroxylation is 1. The fourth-order valence-electron chi connectivity index (χ4n) is 1.91. The second-order valence-corrected chi connectivity index (χ2v) is 4.41. The molecule has 21 heavy (non-hydrogen) atoms. The Morgan fingerprint density at radius 1 is 1.29 bits per heavy atom. The maximum absolute atomic E-state index is 10.9. The van der Waals surface area contributed by atoms with Gasteiger partial charge in [-0.2, -0.15) is 5.26 Å². The van der Waals surface area contributed by atoms with Crippen molar-refractivity contribution in [3.8, 4) is 11.8 Å². The summed E-state index contributed by atoms with van der Waals surface area (Å²) in [5.74, 6) is 0.740. The second kappa shape index (κ2) is 5.92. The molecule has 0 saturated heterocycles.